The highest BCUT2D eigenvalue weighted by Gasteiger charge is 2.02. The summed E-state index contributed by atoms with van der Waals surface area (Å²) in [4.78, 5) is 2.76. The largest absolute Gasteiger partial charge is 0.390 e. The van der Waals surface area contributed by atoms with Crippen molar-refractivity contribution in [1.82, 2.24) is 15.0 Å². The molecule has 98 valence electrons. The van der Waals surface area contributed by atoms with Gasteiger partial charge < -0.3 is 5.11 Å². The Morgan fingerprint density at radius 2 is 2.16 bits per heavy atom. The summed E-state index contributed by atoms with van der Waals surface area (Å²) in [5.41, 5.74) is 12.0. The summed E-state index contributed by atoms with van der Waals surface area (Å²) in [6.07, 6.45) is 1.70. The third kappa shape index (κ3) is 3.54. The number of rotatable bonds is 5. The predicted octanol–water partition coefficient (Wildman–Crippen LogP) is 1.94. The van der Waals surface area contributed by atoms with Gasteiger partial charge in [0.05, 0.1) is 25.9 Å². The standard InChI is InChI=1S/C12H14N6O/c1-9-2-10(5-14-16-13)4-11(3-9)6-18-7-12(8-19)15-17-18/h2-4,7,19H,5-6,8H2,1H3. The molecule has 0 fully saturated rings. The molecule has 0 bridgehead atoms. The number of azide groups is 1. The third-order valence-corrected chi connectivity index (χ3v) is 2.61. The van der Waals surface area contributed by atoms with Crippen molar-refractivity contribution >= 4 is 0 Å². The number of nitrogens with zero attached hydrogens (tertiary/aromatic N) is 6. The fourth-order valence-electron chi connectivity index (χ4n) is 1.92. The van der Waals surface area contributed by atoms with Crippen molar-refractivity contribution in [3.8, 4) is 0 Å². The topological polar surface area (TPSA) is 99.7 Å². The fourth-order valence-corrected chi connectivity index (χ4v) is 1.92. The Morgan fingerprint density at radius 1 is 1.37 bits per heavy atom. The molecule has 1 aromatic carbocycles. The van der Waals surface area contributed by atoms with Crippen LogP contribution < -0.4 is 0 Å². The zero-order chi connectivity index (χ0) is 13.7. The van der Waals surface area contributed by atoms with Crippen molar-refractivity contribution in [3.05, 3.63) is 57.2 Å². The molecule has 7 heteroatoms. The number of benzene rings is 1. The Morgan fingerprint density at radius 3 is 2.84 bits per heavy atom. The summed E-state index contributed by atoms with van der Waals surface area (Å²) in [6, 6.07) is 6.00. The average Bonchev–Trinajstić information content (AvgIpc) is 2.83. The fraction of sp³-hybridized carbons (Fsp3) is 0.333. The van der Waals surface area contributed by atoms with Crippen LogP contribution in [0.3, 0.4) is 0 Å². The Hall–Kier alpha value is -2.37. The Bertz CT molecular complexity index is 614. The van der Waals surface area contributed by atoms with Gasteiger partial charge in [-0.25, -0.2) is 4.68 Å². The first-order valence-corrected chi connectivity index (χ1v) is 5.81. The number of aliphatic hydroxyl groups is 1. The summed E-state index contributed by atoms with van der Waals surface area (Å²) in [5, 5.41) is 20.3. The molecule has 1 heterocycles. The molecular weight excluding hydrogens is 244 g/mol. The van der Waals surface area contributed by atoms with Gasteiger partial charge in [-0.2, -0.15) is 0 Å². The smallest absolute Gasteiger partial charge is 0.108 e. The Labute approximate surface area is 110 Å². The molecule has 19 heavy (non-hydrogen) atoms. The van der Waals surface area contributed by atoms with Gasteiger partial charge >= 0.3 is 0 Å². The number of aliphatic hydroxyl groups excluding tert-OH is 1. The van der Waals surface area contributed by atoms with Gasteiger partial charge in [-0.3, -0.25) is 0 Å². The molecule has 0 aliphatic heterocycles. The van der Waals surface area contributed by atoms with Gasteiger partial charge in [0.15, 0.2) is 0 Å². The van der Waals surface area contributed by atoms with Crippen LogP contribution >= 0.6 is 0 Å². The molecule has 2 rings (SSSR count). The van der Waals surface area contributed by atoms with Crippen molar-refractivity contribution < 1.29 is 5.11 Å². The molecule has 2 aromatic rings. The first-order chi connectivity index (χ1) is 9.21. The van der Waals surface area contributed by atoms with Gasteiger partial charge in [-0.05, 0) is 23.6 Å². The van der Waals surface area contributed by atoms with Crippen LogP contribution in [-0.2, 0) is 19.7 Å². The molecule has 1 N–H and O–H groups in total. The summed E-state index contributed by atoms with van der Waals surface area (Å²) in [5.74, 6) is 0. The van der Waals surface area contributed by atoms with Gasteiger partial charge in [-0.1, -0.05) is 34.1 Å². The molecule has 0 spiro atoms. The highest BCUT2D eigenvalue weighted by molar-refractivity contribution is 5.29. The summed E-state index contributed by atoms with van der Waals surface area (Å²) >= 11 is 0. The second kappa shape index (κ2) is 5.99. The van der Waals surface area contributed by atoms with Crippen molar-refractivity contribution in [3.63, 3.8) is 0 Å². The lowest BCUT2D eigenvalue weighted by molar-refractivity contribution is 0.276. The SMILES string of the molecule is Cc1cc(CN=[N+]=[N-])cc(Cn2cc(CO)nn2)c1. The summed E-state index contributed by atoms with van der Waals surface area (Å²) in [6.45, 7) is 2.78. The lowest BCUT2D eigenvalue weighted by Crippen LogP contribution is -2.01. The van der Waals surface area contributed by atoms with Crippen LogP contribution in [0.15, 0.2) is 29.5 Å². The van der Waals surface area contributed by atoms with E-state index < -0.39 is 0 Å². The van der Waals surface area contributed by atoms with Gasteiger partial charge in [0.2, 0.25) is 0 Å². The number of aromatic nitrogens is 3. The highest BCUT2D eigenvalue weighted by atomic mass is 16.3. The van der Waals surface area contributed by atoms with Crippen molar-refractivity contribution in [2.75, 3.05) is 0 Å². The molecular formula is C12H14N6O. The van der Waals surface area contributed by atoms with Gasteiger partial charge in [-0.15, -0.1) is 5.10 Å². The second-order valence-electron chi connectivity index (χ2n) is 4.28. The second-order valence-corrected chi connectivity index (χ2v) is 4.28. The van der Waals surface area contributed by atoms with Crippen LogP contribution in [0, 0.1) is 6.92 Å². The molecule has 7 nitrogen and oxygen atoms in total. The van der Waals surface area contributed by atoms with E-state index in [1.165, 1.54) is 0 Å². The molecule has 0 unspecified atom stereocenters. The molecule has 0 atom stereocenters. The molecule has 0 aliphatic carbocycles. The minimum absolute atomic E-state index is 0.115. The van der Waals surface area contributed by atoms with Crippen LogP contribution in [0.25, 0.3) is 10.4 Å². The maximum Gasteiger partial charge on any atom is 0.108 e. The highest BCUT2D eigenvalue weighted by Crippen LogP contribution is 2.12. The van der Waals surface area contributed by atoms with E-state index in [4.69, 9.17) is 10.6 Å². The predicted molar refractivity (Wildman–Crippen MR) is 69.1 cm³/mol. The first kappa shape index (κ1) is 13.1. The van der Waals surface area contributed by atoms with E-state index in [2.05, 4.69) is 20.3 Å². The van der Waals surface area contributed by atoms with E-state index in [9.17, 15) is 0 Å². The number of aryl methyl sites for hydroxylation is 1. The number of hydrogen-bond acceptors (Lipinski definition) is 4. The van der Waals surface area contributed by atoms with E-state index in [1.807, 2.05) is 25.1 Å². The molecule has 1 aromatic heterocycles. The Kier molecular flexibility index (Phi) is 4.12. The normalized spacial score (nSPS) is 10.2. The van der Waals surface area contributed by atoms with Gasteiger partial charge in [0, 0.05) is 4.91 Å². The van der Waals surface area contributed by atoms with Crippen LogP contribution in [0.4, 0.5) is 0 Å². The first-order valence-electron chi connectivity index (χ1n) is 5.81. The minimum Gasteiger partial charge on any atom is -0.390 e. The monoisotopic (exact) mass is 258 g/mol. The number of hydrogen-bond donors (Lipinski definition) is 1. The average molecular weight is 258 g/mol. The molecule has 0 radical (unpaired) electrons. The quantitative estimate of drug-likeness (QED) is 0.503. The van der Waals surface area contributed by atoms with Crippen LogP contribution in [0.2, 0.25) is 0 Å². The zero-order valence-electron chi connectivity index (χ0n) is 10.6. The van der Waals surface area contributed by atoms with Crippen LogP contribution in [0.1, 0.15) is 22.4 Å². The summed E-state index contributed by atoms with van der Waals surface area (Å²) in [7, 11) is 0. The van der Waals surface area contributed by atoms with Gasteiger partial charge in [0.1, 0.15) is 5.69 Å². The maximum atomic E-state index is 8.94. The van der Waals surface area contributed by atoms with E-state index in [-0.39, 0.29) is 6.61 Å². The van der Waals surface area contributed by atoms with Crippen molar-refractivity contribution in [2.45, 2.75) is 26.6 Å². The van der Waals surface area contributed by atoms with Gasteiger partial charge in [0.25, 0.3) is 0 Å². The van der Waals surface area contributed by atoms with E-state index in [1.54, 1.807) is 10.9 Å². The lowest BCUT2D eigenvalue weighted by Gasteiger charge is -2.06. The molecule has 0 saturated carbocycles. The molecule has 0 aliphatic rings. The lowest BCUT2D eigenvalue weighted by atomic mass is 10.1. The third-order valence-electron chi connectivity index (χ3n) is 2.61. The Balaban J connectivity index is 2.19. The van der Waals surface area contributed by atoms with Crippen LogP contribution in [0.5, 0.6) is 0 Å². The van der Waals surface area contributed by atoms with Crippen LogP contribution in [-0.4, -0.2) is 20.1 Å². The molecule has 0 amide bonds. The van der Waals surface area contributed by atoms with Crippen molar-refractivity contribution in [2.24, 2.45) is 5.11 Å². The van der Waals surface area contributed by atoms with Crippen molar-refractivity contribution in [1.29, 1.82) is 0 Å². The minimum atomic E-state index is -0.115. The maximum absolute atomic E-state index is 8.94. The van der Waals surface area contributed by atoms with E-state index in [0.29, 0.717) is 18.8 Å². The zero-order valence-corrected chi connectivity index (χ0v) is 10.6. The van der Waals surface area contributed by atoms with E-state index in [0.717, 1.165) is 16.7 Å². The molecule has 0 saturated heterocycles. The van der Waals surface area contributed by atoms with E-state index >= 15 is 0 Å². The summed E-state index contributed by atoms with van der Waals surface area (Å²) < 4.78 is 1.66.